The Morgan fingerprint density at radius 1 is 1.38 bits per heavy atom. The zero-order chi connectivity index (χ0) is 10.7. The van der Waals surface area contributed by atoms with Crippen molar-refractivity contribution in [3.8, 4) is 0 Å². The molecule has 0 aliphatic heterocycles. The van der Waals surface area contributed by atoms with Gasteiger partial charge < -0.3 is 4.74 Å². The highest BCUT2D eigenvalue weighted by Gasteiger charge is 2.26. The van der Waals surface area contributed by atoms with Gasteiger partial charge in [-0.1, -0.05) is 0 Å². The Labute approximate surface area is 80.7 Å². The van der Waals surface area contributed by atoms with E-state index in [0.717, 1.165) is 0 Å². The molecule has 0 fully saturated rings. The molecule has 0 aliphatic rings. The fourth-order valence-electron chi connectivity index (χ4n) is 1.20. The monoisotopic (exact) mass is 209 g/mol. The summed E-state index contributed by atoms with van der Waals surface area (Å²) in [6, 6.07) is 0. The minimum atomic E-state index is -3.20. The van der Waals surface area contributed by atoms with Crippen molar-refractivity contribution >= 4 is 10.0 Å². The van der Waals surface area contributed by atoms with Gasteiger partial charge in [0.05, 0.1) is 17.5 Å². The zero-order valence-electron chi connectivity index (χ0n) is 8.92. The predicted molar refractivity (Wildman–Crippen MR) is 53.1 cm³/mol. The summed E-state index contributed by atoms with van der Waals surface area (Å²) in [6.07, 6.45) is 0.0297. The standard InChI is InChI=1S/C8H19NO3S/c1-7(2)12-8(3,4)6-13(10,11)9-5/h7,9H,6H2,1-5H3. The van der Waals surface area contributed by atoms with Crippen LogP contribution in [0.5, 0.6) is 0 Å². The van der Waals surface area contributed by atoms with E-state index < -0.39 is 15.6 Å². The van der Waals surface area contributed by atoms with E-state index in [-0.39, 0.29) is 11.9 Å². The molecule has 0 spiro atoms. The lowest BCUT2D eigenvalue weighted by molar-refractivity contribution is -0.0401. The Kier molecular flexibility index (Phi) is 4.35. The van der Waals surface area contributed by atoms with Gasteiger partial charge in [0, 0.05) is 0 Å². The molecule has 0 rings (SSSR count). The summed E-state index contributed by atoms with van der Waals surface area (Å²) in [6.45, 7) is 7.30. The fourth-order valence-corrected chi connectivity index (χ4v) is 2.33. The van der Waals surface area contributed by atoms with E-state index >= 15 is 0 Å². The third kappa shape index (κ3) is 6.01. The van der Waals surface area contributed by atoms with Crippen LogP contribution in [0.15, 0.2) is 0 Å². The van der Waals surface area contributed by atoms with Crippen molar-refractivity contribution in [2.75, 3.05) is 12.8 Å². The van der Waals surface area contributed by atoms with E-state index in [4.69, 9.17) is 4.74 Å². The van der Waals surface area contributed by atoms with Crippen LogP contribution in [0.3, 0.4) is 0 Å². The van der Waals surface area contributed by atoms with E-state index in [1.54, 1.807) is 13.8 Å². The van der Waals surface area contributed by atoms with E-state index in [9.17, 15) is 8.42 Å². The molecule has 0 unspecified atom stereocenters. The first kappa shape index (κ1) is 12.9. The molecule has 0 heterocycles. The van der Waals surface area contributed by atoms with E-state index in [1.807, 2.05) is 13.8 Å². The highest BCUT2D eigenvalue weighted by molar-refractivity contribution is 7.89. The zero-order valence-corrected chi connectivity index (χ0v) is 9.73. The number of nitrogens with one attached hydrogen (secondary N) is 1. The van der Waals surface area contributed by atoms with Crippen LogP contribution in [0, 0.1) is 0 Å². The average molecular weight is 209 g/mol. The van der Waals surface area contributed by atoms with Crippen LogP contribution in [-0.2, 0) is 14.8 Å². The van der Waals surface area contributed by atoms with Crippen molar-refractivity contribution in [3.63, 3.8) is 0 Å². The van der Waals surface area contributed by atoms with Gasteiger partial charge in [-0.25, -0.2) is 13.1 Å². The average Bonchev–Trinajstić information content (AvgIpc) is 1.81. The quantitative estimate of drug-likeness (QED) is 0.726. The summed E-state index contributed by atoms with van der Waals surface area (Å²) < 4.78 is 30.1. The molecule has 5 heteroatoms. The van der Waals surface area contributed by atoms with Crippen molar-refractivity contribution in [1.29, 1.82) is 0 Å². The molecule has 4 nitrogen and oxygen atoms in total. The molecular formula is C8H19NO3S. The van der Waals surface area contributed by atoms with Gasteiger partial charge in [0.2, 0.25) is 10.0 Å². The molecule has 0 saturated carbocycles. The maximum Gasteiger partial charge on any atom is 0.214 e. The Morgan fingerprint density at radius 3 is 2.15 bits per heavy atom. The highest BCUT2D eigenvalue weighted by atomic mass is 32.2. The van der Waals surface area contributed by atoms with E-state index in [1.165, 1.54) is 7.05 Å². The van der Waals surface area contributed by atoms with Gasteiger partial charge in [-0.3, -0.25) is 0 Å². The molecule has 0 atom stereocenters. The number of sulfonamides is 1. The van der Waals surface area contributed by atoms with Crippen LogP contribution in [0.2, 0.25) is 0 Å². The van der Waals surface area contributed by atoms with Crippen molar-refractivity contribution in [2.45, 2.75) is 39.4 Å². The summed E-state index contributed by atoms with van der Waals surface area (Å²) in [5.74, 6) is -0.0192. The molecule has 0 radical (unpaired) electrons. The summed E-state index contributed by atoms with van der Waals surface area (Å²) in [7, 11) is -1.79. The lowest BCUT2D eigenvalue weighted by Gasteiger charge is -2.27. The van der Waals surface area contributed by atoms with Crippen LogP contribution < -0.4 is 4.72 Å². The number of hydrogen-bond acceptors (Lipinski definition) is 3. The molecule has 1 N–H and O–H groups in total. The second kappa shape index (κ2) is 4.39. The summed E-state index contributed by atoms with van der Waals surface area (Å²) in [4.78, 5) is 0. The Morgan fingerprint density at radius 2 is 1.85 bits per heavy atom. The molecule has 0 amide bonds. The van der Waals surface area contributed by atoms with Gasteiger partial charge in [0.1, 0.15) is 0 Å². The molecule has 0 bridgehead atoms. The molecule has 0 aromatic carbocycles. The lowest BCUT2D eigenvalue weighted by Crippen LogP contribution is -2.39. The summed E-state index contributed by atoms with van der Waals surface area (Å²) >= 11 is 0. The Bertz CT molecular complexity index is 244. The molecule has 0 aromatic heterocycles. The topological polar surface area (TPSA) is 55.4 Å². The molecule has 13 heavy (non-hydrogen) atoms. The van der Waals surface area contributed by atoms with Crippen molar-refractivity contribution in [1.82, 2.24) is 4.72 Å². The first-order valence-electron chi connectivity index (χ1n) is 4.27. The van der Waals surface area contributed by atoms with Crippen molar-refractivity contribution in [2.24, 2.45) is 0 Å². The molecule has 0 saturated heterocycles. The van der Waals surface area contributed by atoms with Crippen LogP contribution in [0.25, 0.3) is 0 Å². The predicted octanol–water partition coefficient (Wildman–Crippen LogP) is 0.739. The van der Waals surface area contributed by atoms with Gasteiger partial charge in [-0.2, -0.15) is 0 Å². The number of rotatable bonds is 5. The number of ether oxygens (including phenoxy) is 1. The maximum atomic E-state index is 11.2. The number of hydrogen-bond donors (Lipinski definition) is 1. The smallest absolute Gasteiger partial charge is 0.214 e. The normalized spacial score (nSPS) is 13.7. The second-order valence-electron chi connectivity index (χ2n) is 3.89. The third-order valence-corrected chi connectivity index (χ3v) is 3.10. The first-order valence-corrected chi connectivity index (χ1v) is 5.93. The van der Waals surface area contributed by atoms with Crippen molar-refractivity contribution < 1.29 is 13.2 Å². The van der Waals surface area contributed by atoms with Crippen LogP contribution in [-0.4, -0.2) is 32.9 Å². The van der Waals surface area contributed by atoms with Gasteiger partial charge >= 0.3 is 0 Å². The molecular weight excluding hydrogens is 190 g/mol. The molecule has 80 valence electrons. The summed E-state index contributed by atoms with van der Waals surface area (Å²) in [5, 5.41) is 0. The van der Waals surface area contributed by atoms with Crippen LogP contribution in [0.1, 0.15) is 27.7 Å². The third-order valence-electron chi connectivity index (χ3n) is 1.40. The fraction of sp³-hybridized carbons (Fsp3) is 1.00. The Balaban J connectivity index is 4.33. The summed E-state index contributed by atoms with van der Waals surface area (Å²) in [5.41, 5.74) is -0.643. The van der Waals surface area contributed by atoms with Crippen LogP contribution >= 0.6 is 0 Å². The second-order valence-corrected chi connectivity index (χ2v) is 5.82. The lowest BCUT2D eigenvalue weighted by atomic mass is 10.2. The van der Waals surface area contributed by atoms with Crippen molar-refractivity contribution in [3.05, 3.63) is 0 Å². The minimum Gasteiger partial charge on any atom is -0.372 e. The molecule has 0 aliphatic carbocycles. The van der Waals surface area contributed by atoms with Crippen LogP contribution in [0.4, 0.5) is 0 Å². The highest BCUT2D eigenvalue weighted by Crippen LogP contribution is 2.14. The molecule has 0 aromatic rings. The minimum absolute atomic E-state index is 0.0192. The SMILES string of the molecule is CNS(=O)(=O)CC(C)(C)OC(C)C. The Hall–Kier alpha value is -0.130. The largest absolute Gasteiger partial charge is 0.372 e. The first-order chi connectivity index (χ1) is 5.68. The van der Waals surface area contributed by atoms with E-state index in [0.29, 0.717) is 0 Å². The van der Waals surface area contributed by atoms with Gasteiger partial charge in [0.25, 0.3) is 0 Å². The maximum absolute atomic E-state index is 11.2. The van der Waals surface area contributed by atoms with E-state index in [2.05, 4.69) is 4.72 Å². The van der Waals surface area contributed by atoms with Gasteiger partial charge in [0.15, 0.2) is 0 Å². The van der Waals surface area contributed by atoms with Gasteiger partial charge in [-0.15, -0.1) is 0 Å². The van der Waals surface area contributed by atoms with Gasteiger partial charge in [-0.05, 0) is 34.7 Å².